The van der Waals surface area contributed by atoms with Crippen LogP contribution in [0.1, 0.15) is 32.6 Å². The van der Waals surface area contributed by atoms with Gasteiger partial charge in [0.25, 0.3) is 0 Å². The van der Waals surface area contributed by atoms with Crippen LogP contribution < -0.4 is 4.72 Å². The molecule has 9 heteroatoms. The first-order valence-corrected chi connectivity index (χ1v) is 17.4. The summed E-state index contributed by atoms with van der Waals surface area (Å²) in [5.74, 6) is 1.11. The lowest BCUT2D eigenvalue weighted by atomic mass is 9.89. The second-order valence-electron chi connectivity index (χ2n) is 8.85. The summed E-state index contributed by atoms with van der Waals surface area (Å²) < 4.78 is 59.4. The molecule has 0 saturated heterocycles. The van der Waals surface area contributed by atoms with Gasteiger partial charge in [0.2, 0.25) is 0 Å². The van der Waals surface area contributed by atoms with E-state index in [4.69, 9.17) is 0 Å². The molecule has 0 aromatic heterocycles. The molecule has 0 aromatic rings. The molecule has 2 bridgehead atoms. The van der Waals surface area contributed by atoms with Crippen molar-refractivity contribution in [2.45, 2.75) is 76.0 Å². The molecule has 3 nitrogen and oxygen atoms in total. The third kappa shape index (κ3) is 7.34. The molecule has 2 saturated carbocycles. The Morgan fingerprint density at radius 3 is 2.08 bits per heavy atom. The zero-order valence-electron chi connectivity index (χ0n) is 16.1. The van der Waals surface area contributed by atoms with Crippen molar-refractivity contribution >= 4 is 26.9 Å². The van der Waals surface area contributed by atoms with Crippen LogP contribution >= 0.6 is 0 Å². The Kier molecular flexibility index (Phi) is 8.23. The summed E-state index contributed by atoms with van der Waals surface area (Å²) in [7, 11) is -6.08. The summed E-state index contributed by atoms with van der Waals surface area (Å²) in [5, 5.41) is 0. The Balaban J connectivity index is 0.000000299. The highest BCUT2D eigenvalue weighted by Gasteiger charge is 2.47. The molecule has 2 aliphatic rings. The number of hydrogen-bond donors (Lipinski definition) is 1. The molecule has 25 heavy (non-hydrogen) atoms. The summed E-state index contributed by atoms with van der Waals surface area (Å²) in [6.07, 6.45) is 4.10. The van der Waals surface area contributed by atoms with Gasteiger partial charge in [0.1, 0.15) is 0 Å². The maximum Gasteiger partial charge on any atom is 0.511 e. The van der Waals surface area contributed by atoms with Gasteiger partial charge in [0, 0.05) is 23.4 Å². The number of sulfonamides is 1. The van der Waals surface area contributed by atoms with E-state index in [0.717, 1.165) is 25.7 Å². The highest BCUT2D eigenvalue weighted by atomic mass is 32.2. The summed E-state index contributed by atoms with van der Waals surface area (Å²) in [5.41, 5.74) is -3.56. The largest absolute Gasteiger partial charge is 0.511 e. The Labute approximate surface area is 153 Å². The Morgan fingerprint density at radius 2 is 1.76 bits per heavy atom. The van der Waals surface area contributed by atoms with E-state index in [1.165, 1.54) is 6.04 Å². The zero-order chi connectivity index (χ0) is 19.5. The Bertz CT molecular complexity index is 524. The fourth-order valence-electron chi connectivity index (χ4n) is 4.17. The lowest BCUT2D eigenvalue weighted by molar-refractivity contribution is -0.0449. The van der Waals surface area contributed by atoms with Crippen molar-refractivity contribution in [3.63, 3.8) is 0 Å². The van der Waals surface area contributed by atoms with E-state index in [2.05, 4.69) is 33.1 Å². The molecule has 2 aliphatic carbocycles. The van der Waals surface area contributed by atoms with Crippen LogP contribution in [0.25, 0.3) is 0 Å². The predicted molar refractivity (Wildman–Crippen MR) is 104 cm³/mol. The number of halogens is 3. The van der Waals surface area contributed by atoms with Gasteiger partial charge in [0.15, 0.2) is 0 Å². The van der Waals surface area contributed by atoms with Crippen LogP contribution in [0.2, 0.25) is 37.9 Å². The minimum Gasteiger partial charge on any atom is -0.207 e. The molecular formula is C16H34F3NO2SSi2. The maximum atomic E-state index is 12.0. The van der Waals surface area contributed by atoms with Gasteiger partial charge in [-0.25, -0.2) is 13.1 Å². The standard InChI is InChI=1S/C9H14F3NO2S.C7H20Si2/c10-9(11,12)16(14,15)13-5-8-4-6-1-2-7(8)3-6;1-6-9(4,5)7-8(2)3/h6-8,13H,1-5H2;8H,6-7H2,1-5H3. The van der Waals surface area contributed by atoms with Gasteiger partial charge in [0.05, 0.1) is 0 Å². The minimum atomic E-state index is -5.19. The van der Waals surface area contributed by atoms with Crippen LogP contribution in [0.5, 0.6) is 0 Å². The van der Waals surface area contributed by atoms with Gasteiger partial charge < -0.3 is 0 Å². The van der Waals surface area contributed by atoms with Crippen molar-refractivity contribution in [3.05, 3.63) is 0 Å². The normalized spacial score (nSPS) is 26.7. The summed E-state index contributed by atoms with van der Waals surface area (Å²) in [6, 6.07) is 1.47. The van der Waals surface area contributed by atoms with Crippen LogP contribution in [0.15, 0.2) is 0 Å². The Hall–Kier alpha value is 0.134. The number of rotatable bonds is 6. The molecule has 0 amide bonds. The molecule has 1 N–H and O–H groups in total. The quantitative estimate of drug-likeness (QED) is 0.642. The number of nitrogens with one attached hydrogen (secondary N) is 1. The van der Waals surface area contributed by atoms with Crippen molar-refractivity contribution < 1.29 is 21.6 Å². The van der Waals surface area contributed by atoms with Crippen molar-refractivity contribution in [1.82, 2.24) is 4.72 Å². The molecule has 3 unspecified atom stereocenters. The molecule has 3 atom stereocenters. The smallest absolute Gasteiger partial charge is 0.207 e. The monoisotopic (exact) mass is 417 g/mol. The van der Waals surface area contributed by atoms with E-state index in [-0.39, 0.29) is 21.3 Å². The van der Waals surface area contributed by atoms with Crippen LogP contribution in [-0.4, -0.2) is 37.3 Å². The molecule has 0 heterocycles. The van der Waals surface area contributed by atoms with Gasteiger partial charge in [-0.1, -0.05) is 51.2 Å². The summed E-state index contributed by atoms with van der Waals surface area (Å²) in [6.45, 7) is 12.2. The molecule has 0 radical (unpaired) electrons. The van der Waals surface area contributed by atoms with E-state index in [1.54, 1.807) is 10.4 Å². The van der Waals surface area contributed by atoms with Gasteiger partial charge in [-0.3, -0.25) is 0 Å². The average Bonchev–Trinajstić information content (AvgIpc) is 3.06. The summed E-state index contributed by atoms with van der Waals surface area (Å²) >= 11 is 0. The molecule has 0 aliphatic heterocycles. The highest BCUT2D eigenvalue weighted by molar-refractivity contribution is 7.90. The molecule has 150 valence electrons. The number of alkyl halides is 3. The fourth-order valence-corrected chi connectivity index (χ4v) is 14.8. The SMILES string of the molecule is CC[Si](C)(C)C[SiH](C)C.O=S(=O)(NCC1CC2CCC1C2)C(F)(F)F. The number of fused-ring (bicyclic) bond motifs is 2. The minimum absolute atomic E-state index is 0.0665. The zero-order valence-corrected chi connectivity index (χ0v) is 19.1. The van der Waals surface area contributed by atoms with Crippen molar-refractivity contribution in [2.75, 3.05) is 6.54 Å². The van der Waals surface area contributed by atoms with E-state index in [0.29, 0.717) is 11.8 Å². The predicted octanol–water partition coefficient (Wildman–Crippen LogP) is 4.60. The molecule has 2 fully saturated rings. The first-order valence-electron chi connectivity index (χ1n) is 9.33. The van der Waals surface area contributed by atoms with E-state index in [9.17, 15) is 21.6 Å². The highest BCUT2D eigenvalue weighted by Crippen LogP contribution is 2.48. The van der Waals surface area contributed by atoms with E-state index >= 15 is 0 Å². The van der Waals surface area contributed by atoms with Crippen molar-refractivity contribution in [1.29, 1.82) is 0 Å². The Morgan fingerprint density at radius 1 is 1.16 bits per heavy atom. The van der Waals surface area contributed by atoms with E-state index in [1.807, 2.05) is 0 Å². The van der Waals surface area contributed by atoms with Gasteiger partial charge >= 0.3 is 15.5 Å². The van der Waals surface area contributed by atoms with Crippen LogP contribution in [0, 0.1) is 17.8 Å². The third-order valence-corrected chi connectivity index (χ3v) is 16.4. The van der Waals surface area contributed by atoms with Gasteiger partial charge in [-0.2, -0.15) is 13.2 Å². The lowest BCUT2D eigenvalue weighted by Gasteiger charge is -2.22. The topological polar surface area (TPSA) is 46.2 Å². The third-order valence-electron chi connectivity index (χ3n) is 5.64. The maximum absolute atomic E-state index is 12.0. The van der Waals surface area contributed by atoms with Crippen molar-refractivity contribution in [2.24, 2.45) is 17.8 Å². The molecule has 2 rings (SSSR count). The van der Waals surface area contributed by atoms with Crippen molar-refractivity contribution in [3.8, 4) is 0 Å². The average molecular weight is 418 g/mol. The first-order chi connectivity index (χ1) is 11.3. The van der Waals surface area contributed by atoms with E-state index < -0.39 is 23.6 Å². The van der Waals surface area contributed by atoms with Gasteiger partial charge in [-0.15, -0.1) is 0 Å². The fraction of sp³-hybridized carbons (Fsp3) is 1.00. The van der Waals surface area contributed by atoms with Gasteiger partial charge in [-0.05, 0) is 37.0 Å². The van der Waals surface area contributed by atoms with Crippen LogP contribution in [0.3, 0.4) is 0 Å². The van der Waals surface area contributed by atoms with Crippen LogP contribution in [-0.2, 0) is 10.0 Å². The number of hydrogen-bond acceptors (Lipinski definition) is 2. The molecule has 0 spiro atoms. The first kappa shape index (κ1) is 23.2. The second-order valence-corrected chi connectivity index (χ2v) is 20.1. The summed E-state index contributed by atoms with van der Waals surface area (Å²) in [4.78, 5) is 0. The molecular weight excluding hydrogens is 383 g/mol. The molecule has 0 aromatic carbocycles. The van der Waals surface area contributed by atoms with Crippen LogP contribution in [0.4, 0.5) is 13.2 Å². The second kappa shape index (κ2) is 8.88. The lowest BCUT2D eigenvalue weighted by Crippen LogP contribution is -2.39.